The second kappa shape index (κ2) is 8.21. The van der Waals surface area contributed by atoms with Crippen LogP contribution in [0, 0.1) is 10.1 Å². The number of thioether (sulfide) groups is 2. The van der Waals surface area contributed by atoms with Crippen LogP contribution in [0.15, 0.2) is 29.2 Å². The zero-order valence-electron chi connectivity index (χ0n) is 12.5. The Hall–Kier alpha value is -1.74. The number of rotatable bonds is 5. The number of hydrogen-bond donors (Lipinski definition) is 0. The summed E-state index contributed by atoms with van der Waals surface area (Å²) in [6, 6.07) is 6.08. The van der Waals surface area contributed by atoms with Gasteiger partial charge >= 0.3 is 5.97 Å². The fourth-order valence-electron chi connectivity index (χ4n) is 2.05. The summed E-state index contributed by atoms with van der Waals surface area (Å²) in [6.07, 6.45) is 0. The van der Waals surface area contributed by atoms with Crippen LogP contribution in [0.25, 0.3) is 0 Å². The van der Waals surface area contributed by atoms with Crippen molar-refractivity contribution in [3.05, 3.63) is 34.4 Å². The first-order valence-corrected chi connectivity index (χ1v) is 8.89. The van der Waals surface area contributed by atoms with Gasteiger partial charge in [-0.3, -0.25) is 19.7 Å². The van der Waals surface area contributed by atoms with Crippen LogP contribution in [0.1, 0.15) is 0 Å². The van der Waals surface area contributed by atoms with Crippen LogP contribution in [-0.4, -0.2) is 58.7 Å². The largest absolute Gasteiger partial charge is 0.468 e. The molecule has 1 amide bonds. The number of esters is 1. The average molecular weight is 356 g/mol. The van der Waals surface area contributed by atoms with Gasteiger partial charge in [-0.25, -0.2) is 0 Å². The Bertz CT molecular complexity index is 593. The van der Waals surface area contributed by atoms with E-state index < -0.39 is 4.92 Å². The minimum Gasteiger partial charge on any atom is -0.468 e. The van der Waals surface area contributed by atoms with E-state index in [4.69, 9.17) is 4.74 Å². The molecule has 0 aliphatic carbocycles. The molecule has 0 N–H and O–H groups in total. The van der Waals surface area contributed by atoms with E-state index in [0.29, 0.717) is 18.8 Å². The second-order valence-corrected chi connectivity index (χ2v) is 7.12. The zero-order chi connectivity index (χ0) is 16.8. The number of carbonyl (C=O) groups excluding carboxylic acids is 2. The lowest BCUT2D eigenvalue weighted by atomic mass is 10.3. The molecule has 1 aromatic carbocycles. The van der Waals surface area contributed by atoms with Crippen molar-refractivity contribution in [2.45, 2.75) is 10.1 Å². The van der Waals surface area contributed by atoms with Crippen molar-refractivity contribution in [1.82, 2.24) is 4.90 Å². The molecule has 7 nitrogen and oxygen atoms in total. The molecule has 9 heteroatoms. The highest BCUT2D eigenvalue weighted by Crippen LogP contribution is 2.24. The molecular formula is C14H16N2O5S2. The van der Waals surface area contributed by atoms with Gasteiger partial charge in [0.1, 0.15) is 5.25 Å². The van der Waals surface area contributed by atoms with Crippen molar-refractivity contribution in [1.29, 1.82) is 0 Å². The molecule has 2 rings (SSSR count). The van der Waals surface area contributed by atoms with Gasteiger partial charge < -0.3 is 9.64 Å². The lowest BCUT2D eigenvalue weighted by Crippen LogP contribution is -2.45. The van der Waals surface area contributed by atoms with Crippen molar-refractivity contribution < 1.29 is 19.2 Å². The van der Waals surface area contributed by atoms with Gasteiger partial charge in [-0.2, -0.15) is 0 Å². The summed E-state index contributed by atoms with van der Waals surface area (Å²) >= 11 is 2.82. The Kier molecular flexibility index (Phi) is 6.28. The van der Waals surface area contributed by atoms with Gasteiger partial charge in [-0.1, -0.05) is 0 Å². The Morgan fingerprint density at radius 2 is 2.13 bits per heavy atom. The SMILES string of the molecule is COC(=O)[C@@H]1CN(C(=O)CSc2ccc([N+](=O)[O-])cc2)CCS1. The highest BCUT2D eigenvalue weighted by molar-refractivity contribution is 8.00. The van der Waals surface area contributed by atoms with Gasteiger partial charge in [0.2, 0.25) is 5.91 Å². The van der Waals surface area contributed by atoms with Gasteiger partial charge in [0.15, 0.2) is 0 Å². The number of non-ortho nitro benzene ring substituents is 1. The molecule has 0 radical (unpaired) electrons. The van der Waals surface area contributed by atoms with Crippen LogP contribution in [0.2, 0.25) is 0 Å². The topological polar surface area (TPSA) is 89.8 Å². The molecular weight excluding hydrogens is 340 g/mol. The summed E-state index contributed by atoms with van der Waals surface area (Å²) in [4.78, 5) is 36.4. The summed E-state index contributed by atoms with van der Waals surface area (Å²) in [7, 11) is 1.34. The maximum atomic E-state index is 12.2. The number of benzene rings is 1. The molecule has 1 atom stereocenters. The smallest absolute Gasteiger partial charge is 0.320 e. The lowest BCUT2D eigenvalue weighted by Gasteiger charge is -2.30. The molecule has 0 unspecified atom stereocenters. The van der Waals surface area contributed by atoms with E-state index >= 15 is 0 Å². The maximum Gasteiger partial charge on any atom is 0.320 e. The molecule has 0 bridgehead atoms. The van der Waals surface area contributed by atoms with Crippen molar-refractivity contribution in [2.24, 2.45) is 0 Å². The molecule has 1 aliphatic heterocycles. The third-order valence-electron chi connectivity index (χ3n) is 3.29. The predicted molar refractivity (Wildman–Crippen MR) is 88.7 cm³/mol. The Balaban J connectivity index is 1.86. The summed E-state index contributed by atoms with van der Waals surface area (Å²) in [5, 5.41) is 10.3. The molecule has 23 heavy (non-hydrogen) atoms. The molecule has 0 saturated carbocycles. The summed E-state index contributed by atoms with van der Waals surface area (Å²) in [5.74, 6) is 0.572. The van der Waals surface area contributed by atoms with Gasteiger partial charge in [-0.05, 0) is 12.1 Å². The highest BCUT2D eigenvalue weighted by atomic mass is 32.2. The van der Waals surface area contributed by atoms with Crippen LogP contribution in [0.4, 0.5) is 5.69 Å². The molecule has 1 fully saturated rings. The zero-order valence-corrected chi connectivity index (χ0v) is 14.1. The van der Waals surface area contributed by atoms with E-state index in [2.05, 4.69) is 0 Å². The van der Waals surface area contributed by atoms with E-state index in [1.165, 1.54) is 42.8 Å². The minimum absolute atomic E-state index is 0.0228. The highest BCUT2D eigenvalue weighted by Gasteiger charge is 2.29. The normalized spacial score (nSPS) is 17.6. The van der Waals surface area contributed by atoms with Gasteiger partial charge in [-0.15, -0.1) is 23.5 Å². The first-order valence-electron chi connectivity index (χ1n) is 6.85. The van der Waals surface area contributed by atoms with Crippen molar-refractivity contribution in [3.8, 4) is 0 Å². The molecule has 1 saturated heterocycles. The molecule has 0 aromatic heterocycles. The van der Waals surface area contributed by atoms with Crippen molar-refractivity contribution in [2.75, 3.05) is 31.7 Å². The second-order valence-electron chi connectivity index (χ2n) is 4.76. The number of nitro groups is 1. The predicted octanol–water partition coefficient (Wildman–Crippen LogP) is 1.80. The molecule has 0 spiro atoms. The number of nitro benzene ring substituents is 1. The third-order valence-corrected chi connectivity index (χ3v) is 5.45. The van der Waals surface area contributed by atoms with Crippen LogP contribution < -0.4 is 0 Å². The molecule has 124 valence electrons. The fourth-order valence-corrected chi connectivity index (χ4v) is 3.98. The maximum absolute atomic E-state index is 12.2. The summed E-state index contributed by atoms with van der Waals surface area (Å²) in [6.45, 7) is 0.967. The number of carbonyl (C=O) groups is 2. The van der Waals surface area contributed by atoms with Gasteiger partial charge in [0.05, 0.1) is 17.8 Å². The number of amides is 1. The van der Waals surface area contributed by atoms with E-state index in [0.717, 1.165) is 4.90 Å². The monoisotopic (exact) mass is 356 g/mol. The van der Waals surface area contributed by atoms with E-state index in [9.17, 15) is 19.7 Å². The third kappa shape index (κ3) is 4.87. The molecule has 1 aromatic rings. The Labute approximate surface area is 141 Å². The van der Waals surface area contributed by atoms with E-state index in [-0.39, 0.29) is 28.6 Å². The van der Waals surface area contributed by atoms with Gasteiger partial charge in [0, 0.05) is 35.9 Å². The fraction of sp³-hybridized carbons (Fsp3) is 0.429. The first kappa shape index (κ1) is 17.6. The number of methoxy groups -OCH3 is 1. The van der Waals surface area contributed by atoms with Crippen molar-refractivity contribution in [3.63, 3.8) is 0 Å². The number of nitrogens with zero attached hydrogens (tertiary/aromatic N) is 2. The van der Waals surface area contributed by atoms with Gasteiger partial charge in [0.25, 0.3) is 5.69 Å². The standard InChI is InChI=1S/C14H16N2O5S2/c1-21-14(18)12-8-15(6-7-22-12)13(17)9-23-11-4-2-10(3-5-11)16(19)20/h2-5,12H,6-9H2,1H3/t12-/m0/s1. The minimum atomic E-state index is -0.460. The summed E-state index contributed by atoms with van der Waals surface area (Å²) in [5.41, 5.74) is 0.0228. The van der Waals surface area contributed by atoms with Crippen LogP contribution in [-0.2, 0) is 14.3 Å². The lowest BCUT2D eigenvalue weighted by molar-refractivity contribution is -0.384. The Morgan fingerprint density at radius 1 is 1.43 bits per heavy atom. The summed E-state index contributed by atoms with van der Waals surface area (Å²) < 4.78 is 4.72. The van der Waals surface area contributed by atoms with Crippen LogP contribution >= 0.6 is 23.5 Å². The van der Waals surface area contributed by atoms with E-state index in [1.54, 1.807) is 17.0 Å². The Morgan fingerprint density at radius 3 is 2.74 bits per heavy atom. The first-order chi connectivity index (χ1) is 11.0. The van der Waals surface area contributed by atoms with E-state index in [1.807, 2.05) is 0 Å². The van der Waals surface area contributed by atoms with Crippen LogP contribution in [0.5, 0.6) is 0 Å². The van der Waals surface area contributed by atoms with Crippen LogP contribution in [0.3, 0.4) is 0 Å². The quantitative estimate of drug-likeness (QED) is 0.344. The molecule has 1 aliphatic rings. The average Bonchev–Trinajstić information content (AvgIpc) is 2.59. The number of hydrogen-bond acceptors (Lipinski definition) is 7. The van der Waals surface area contributed by atoms with Crippen molar-refractivity contribution >= 4 is 41.1 Å². The molecule has 1 heterocycles. The number of ether oxygens (including phenoxy) is 1.